The molecule has 0 bridgehead atoms. The van der Waals surface area contributed by atoms with Gasteiger partial charge in [-0.15, -0.1) is 0 Å². The average molecular weight is 202 g/mol. The van der Waals surface area contributed by atoms with Gasteiger partial charge in [-0.2, -0.15) is 11.8 Å². The molecule has 32 valence electrons. The quantitative estimate of drug-likeness (QED) is 0.485. The lowest BCUT2D eigenvalue weighted by Crippen LogP contribution is -1.70. The molecule has 0 aromatic heterocycles. The Bertz CT molecular complexity index is 14.4. The first-order valence-corrected chi connectivity index (χ1v) is 4.38. The number of halogens is 1. The van der Waals surface area contributed by atoms with Crippen molar-refractivity contribution >= 4 is 34.4 Å². The standard InChI is InChI=1S/C3H7IS/c1-5-3-2-4/h2-3H2,1H3. The molecule has 0 aliphatic heterocycles. The van der Waals surface area contributed by atoms with Crippen LogP contribution in [0, 0.1) is 0 Å². The van der Waals surface area contributed by atoms with Crippen LogP contribution in [-0.2, 0) is 0 Å². The molecule has 0 heterocycles. The topological polar surface area (TPSA) is 0 Å². The summed E-state index contributed by atoms with van der Waals surface area (Å²) in [5.41, 5.74) is 0. The molecule has 0 fully saturated rings. The first-order chi connectivity index (χ1) is 2.41. The fourth-order valence-corrected chi connectivity index (χ4v) is 1.55. The van der Waals surface area contributed by atoms with Crippen LogP contribution < -0.4 is 0 Å². The van der Waals surface area contributed by atoms with E-state index >= 15 is 0 Å². The lowest BCUT2D eigenvalue weighted by atomic mass is 11.0. The molecule has 0 saturated carbocycles. The van der Waals surface area contributed by atoms with Crippen molar-refractivity contribution in [2.24, 2.45) is 0 Å². The van der Waals surface area contributed by atoms with Gasteiger partial charge in [0.25, 0.3) is 0 Å². The van der Waals surface area contributed by atoms with Crippen LogP contribution in [0.2, 0.25) is 0 Å². The van der Waals surface area contributed by atoms with Crippen LogP contribution in [0.15, 0.2) is 0 Å². The van der Waals surface area contributed by atoms with E-state index in [9.17, 15) is 0 Å². The molecule has 0 aliphatic carbocycles. The molecule has 0 nitrogen and oxygen atoms in total. The third-order valence-corrected chi connectivity index (χ3v) is 2.17. The predicted octanol–water partition coefficient (Wildman–Crippen LogP) is 1.78. The van der Waals surface area contributed by atoms with Crippen LogP contribution in [-0.4, -0.2) is 16.4 Å². The van der Waals surface area contributed by atoms with Crippen LogP contribution in [0.25, 0.3) is 0 Å². The fraction of sp³-hybridized carbons (Fsp3) is 1.00. The maximum absolute atomic E-state index is 2.37. The van der Waals surface area contributed by atoms with E-state index in [1.807, 2.05) is 11.8 Å². The average Bonchev–Trinajstić information content (AvgIpc) is 1.41. The molecule has 0 unspecified atom stereocenters. The summed E-state index contributed by atoms with van der Waals surface area (Å²) in [7, 11) is 0. The summed E-state index contributed by atoms with van der Waals surface area (Å²) in [5.74, 6) is 1.29. The van der Waals surface area contributed by atoms with Gasteiger partial charge in [0.15, 0.2) is 0 Å². The number of rotatable bonds is 2. The van der Waals surface area contributed by atoms with Crippen molar-refractivity contribution in [3.63, 3.8) is 0 Å². The Balaban J connectivity index is 2.19. The second-order valence-electron chi connectivity index (χ2n) is 0.682. The van der Waals surface area contributed by atoms with E-state index in [2.05, 4.69) is 28.8 Å². The molecule has 0 spiro atoms. The van der Waals surface area contributed by atoms with Crippen molar-refractivity contribution in [3.8, 4) is 0 Å². The third kappa shape index (κ3) is 5.08. The number of thioether (sulfide) groups is 1. The zero-order valence-electron chi connectivity index (χ0n) is 3.20. The minimum atomic E-state index is 1.28. The zero-order chi connectivity index (χ0) is 4.12. The smallest absolute Gasteiger partial charge is 0.00862 e. The van der Waals surface area contributed by atoms with Crippen molar-refractivity contribution in [2.75, 3.05) is 16.4 Å². The van der Waals surface area contributed by atoms with Crippen LogP contribution in [0.1, 0.15) is 0 Å². The van der Waals surface area contributed by atoms with Gasteiger partial charge in [-0.1, -0.05) is 22.6 Å². The zero-order valence-corrected chi connectivity index (χ0v) is 6.17. The SMILES string of the molecule is CSCCI. The van der Waals surface area contributed by atoms with Gasteiger partial charge in [0.05, 0.1) is 0 Å². The first-order valence-electron chi connectivity index (χ1n) is 1.46. The summed E-state index contributed by atoms with van der Waals surface area (Å²) in [6, 6.07) is 0. The second kappa shape index (κ2) is 5.08. The molecular formula is C3H7IS. The van der Waals surface area contributed by atoms with Gasteiger partial charge in [-0.05, 0) is 6.26 Å². The Hall–Kier alpha value is 1.08. The van der Waals surface area contributed by atoms with Crippen LogP contribution in [0.5, 0.6) is 0 Å². The monoisotopic (exact) mass is 202 g/mol. The Morgan fingerprint density at radius 1 is 1.80 bits per heavy atom. The summed E-state index contributed by atoms with van der Waals surface area (Å²) in [6.45, 7) is 0. The number of hydrogen-bond donors (Lipinski definition) is 0. The van der Waals surface area contributed by atoms with Gasteiger partial charge in [0, 0.05) is 10.2 Å². The van der Waals surface area contributed by atoms with Crippen molar-refractivity contribution in [1.82, 2.24) is 0 Å². The van der Waals surface area contributed by atoms with Crippen molar-refractivity contribution in [1.29, 1.82) is 0 Å². The molecule has 2 heteroatoms. The van der Waals surface area contributed by atoms with Gasteiger partial charge < -0.3 is 0 Å². The van der Waals surface area contributed by atoms with E-state index in [-0.39, 0.29) is 0 Å². The summed E-state index contributed by atoms with van der Waals surface area (Å²) < 4.78 is 1.28. The molecule has 5 heavy (non-hydrogen) atoms. The molecule has 0 aromatic carbocycles. The lowest BCUT2D eigenvalue weighted by Gasteiger charge is -1.78. The first kappa shape index (κ1) is 6.08. The Morgan fingerprint density at radius 3 is 2.40 bits per heavy atom. The van der Waals surface area contributed by atoms with Crippen molar-refractivity contribution in [2.45, 2.75) is 0 Å². The molecule has 0 rings (SSSR count). The highest BCUT2D eigenvalue weighted by atomic mass is 127. The normalized spacial score (nSPS) is 8.40. The highest BCUT2D eigenvalue weighted by Crippen LogP contribution is 1.92. The van der Waals surface area contributed by atoms with E-state index in [0.29, 0.717) is 0 Å². The van der Waals surface area contributed by atoms with Crippen LogP contribution in [0.4, 0.5) is 0 Å². The van der Waals surface area contributed by atoms with Crippen LogP contribution >= 0.6 is 34.4 Å². The maximum atomic E-state index is 2.37. The molecular weight excluding hydrogens is 195 g/mol. The van der Waals surface area contributed by atoms with E-state index in [0.717, 1.165) is 0 Å². The van der Waals surface area contributed by atoms with Gasteiger partial charge >= 0.3 is 0 Å². The minimum Gasteiger partial charge on any atom is -0.165 e. The molecule has 0 aliphatic rings. The van der Waals surface area contributed by atoms with Crippen molar-refractivity contribution < 1.29 is 0 Å². The molecule has 0 saturated heterocycles. The van der Waals surface area contributed by atoms with Crippen LogP contribution in [0.3, 0.4) is 0 Å². The van der Waals surface area contributed by atoms with E-state index in [1.54, 1.807) is 0 Å². The molecule has 0 amide bonds. The molecule has 0 radical (unpaired) electrons. The predicted molar refractivity (Wildman–Crippen MR) is 37.3 cm³/mol. The van der Waals surface area contributed by atoms with Gasteiger partial charge in [0.1, 0.15) is 0 Å². The van der Waals surface area contributed by atoms with Crippen molar-refractivity contribution in [3.05, 3.63) is 0 Å². The largest absolute Gasteiger partial charge is 0.165 e. The summed E-state index contributed by atoms with van der Waals surface area (Å²) in [6.07, 6.45) is 2.12. The summed E-state index contributed by atoms with van der Waals surface area (Å²) in [4.78, 5) is 0. The van der Waals surface area contributed by atoms with E-state index in [1.165, 1.54) is 10.2 Å². The third-order valence-electron chi connectivity index (χ3n) is 0.281. The molecule has 0 N–H and O–H groups in total. The Kier molecular flexibility index (Phi) is 6.18. The number of hydrogen-bond acceptors (Lipinski definition) is 1. The highest BCUT2D eigenvalue weighted by molar-refractivity contribution is 14.1. The molecule has 0 atom stereocenters. The second-order valence-corrected chi connectivity index (χ2v) is 2.75. The lowest BCUT2D eigenvalue weighted by molar-refractivity contribution is 1.61. The minimum absolute atomic E-state index is 1.28. The fourth-order valence-electron chi connectivity index (χ4n) is 0.0772. The van der Waals surface area contributed by atoms with Gasteiger partial charge in [-0.3, -0.25) is 0 Å². The van der Waals surface area contributed by atoms with Gasteiger partial charge in [-0.25, -0.2) is 0 Å². The highest BCUT2D eigenvalue weighted by Gasteiger charge is 1.69. The van der Waals surface area contributed by atoms with E-state index in [4.69, 9.17) is 0 Å². The Morgan fingerprint density at radius 2 is 2.40 bits per heavy atom. The number of alkyl halides is 1. The summed E-state index contributed by atoms with van der Waals surface area (Å²) >= 11 is 4.26. The van der Waals surface area contributed by atoms with Gasteiger partial charge in [0.2, 0.25) is 0 Å². The summed E-state index contributed by atoms with van der Waals surface area (Å²) in [5, 5.41) is 0. The van der Waals surface area contributed by atoms with E-state index < -0.39 is 0 Å². The maximum Gasteiger partial charge on any atom is 0.00862 e. The Labute approximate surface area is 50.9 Å². The molecule has 0 aromatic rings.